The van der Waals surface area contributed by atoms with Gasteiger partial charge in [0.2, 0.25) is 5.76 Å². The number of halogens is 1. The fourth-order valence-corrected chi connectivity index (χ4v) is 3.02. The molecule has 1 heterocycles. The van der Waals surface area contributed by atoms with Crippen LogP contribution < -0.4 is 16.0 Å². The minimum absolute atomic E-state index is 0.117. The highest BCUT2D eigenvalue weighted by Gasteiger charge is 2.25. The number of nitrogens with one attached hydrogen (secondary N) is 3. The summed E-state index contributed by atoms with van der Waals surface area (Å²) in [5, 5.41) is 20.8. The first-order valence-corrected chi connectivity index (χ1v) is 10.1. The first-order chi connectivity index (χ1) is 15.6. The molecule has 3 amide bonds. The van der Waals surface area contributed by atoms with Crippen LogP contribution in [0.5, 0.6) is 0 Å². The predicted molar refractivity (Wildman–Crippen MR) is 119 cm³/mol. The summed E-state index contributed by atoms with van der Waals surface area (Å²) in [6.45, 7) is 5.05. The predicted octanol–water partition coefficient (Wildman–Crippen LogP) is 4.27. The van der Waals surface area contributed by atoms with Crippen molar-refractivity contribution in [2.75, 3.05) is 10.6 Å². The molecule has 0 saturated heterocycles. The standard InChI is InChI=1S/C23H23FN4O5/c1-12(2)20(22(30)31)27-21(29)19-11-18(28-33-19)14-4-7-16(8-5-14)25-23(32)26-17-9-6-15(24)10-13(17)3/h4-12,20H,1-3H3,(H,27,29)(H,30,31)(H2,25,26,32)/t20-/m0/s1. The summed E-state index contributed by atoms with van der Waals surface area (Å²) in [6.07, 6.45) is 0. The highest BCUT2D eigenvalue weighted by molar-refractivity contribution is 6.00. The summed E-state index contributed by atoms with van der Waals surface area (Å²) in [5.74, 6) is -2.63. The van der Waals surface area contributed by atoms with Crippen LogP contribution in [0, 0.1) is 18.7 Å². The molecule has 3 rings (SSSR count). The number of nitrogens with zero attached hydrogens (tertiary/aromatic N) is 1. The van der Waals surface area contributed by atoms with Crippen LogP contribution in [-0.2, 0) is 4.79 Å². The fourth-order valence-electron chi connectivity index (χ4n) is 3.02. The van der Waals surface area contributed by atoms with Gasteiger partial charge >= 0.3 is 12.0 Å². The van der Waals surface area contributed by atoms with E-state index in [9.17, 15) is 23.9 Å². The Morgan fingerprint density at radius 2 is 1.73 bits per heavy atom. The molecule has 0 fully saturated rings. The van der Waals surface area contributed by atoms with Gasteiger partial charge in [-0.3, -0.25) is 4.79 Å². The Bertz CT molecular complexity index is 1170. The number of benzene rings is 2. The summed E-state index contributed by atoms with van der Waals surface area (Å²) in [4.78, 5) is 35.8. The number of aliphatic carboxylic acids is 1. The van der Waals surface area contributed by atoms with E-state index in [1.165, 1.54) is 24.3 Å². The molecule has 4 N–H and O–H groups in total. The smallest absolute Gasteiger partial charge is 0.326 e. The van der Waals surface area contributed by atoms with Gasteiger partial charge in [-0.2, -0.15) is 0 Å². The van der Waals surface area contributed by atoms with Gasteiger partial charge in [0.05, 0.1) is 0 Å². The summed E-state index contributed by atoms with van der Waals surface area (Å²) >= 11 is 0. The monoisotopic (exact) mass is 454 g/mol. The third-order valence-electron chi connectivity index (χ3n) is 4.83. The number of aromatic nitrogens is 1. The number of hydrogen-bond acceptors (Lipinski definition) is 5. The summed E-state index contributed by atoms with van der Waals surface area (Å²) in [5.41, 5.74) is 2.57. The van der Waals surface area contributed by atoms with E-state index < -0.39 is 23.9 Å². The molecule has 0 saturated carbocycles. The molecule has 3 aromatic rings. The normalized spacial score (nSPS) is 11.7. The van der Waals surface area contributed by atoms with E-state index in [1.807, 2.05) is 0 Å². The Morgan fingerprint density at radius 1 is 1.03 bits per heavy atom. The number of carboxylic acid groups (broad SMARTS) is 1. The zero-order valence-corrected chi connectivity index (χ0v) is 18.2. The lowest BCUT2D eigenvalue weighted by molar-refractivity contribution is -0.140. The van der Waals surface area contributed by atoms with Crippen LogP contribution in [0.1, 0.15) is 30.0 Å². The van der Waals surface area contributed by atoms with Crippen molar-refractivity contribution in [1.29, 1.82) is 0 Å². The van der Waals surface area contributed by atoms with Crippen molar-refractivity contribution in [3.05, 3.63) is 65.7 Å². The third kappa shape index (κ3) is 5.94. The Kier molecular flexibility index (Phi) is 7.07. The van der Waals surface area contributed by atoms with Crippen molar-refractivity contribution in [1.82, 2.24) is 10.5 Å². The lowest BCUT2D eigenvalue weighted by Crippen LogP contribution is -2.44. The minimum atomic E-state index is -1.14. The number of carbonyl (C=O) groups is 3. The van der Waals surface area contributed by atoms with Crippen molar-refractivity contribution in [3.8, 4) is 11.3 Å². The summed E-state index contributed by atoms with van der Waals surface area (Å²) in [6, 6.07) is 10.5. The number of anilines is 2. The second-order valence-electron chi connectivity index (χ2n) is 7.73. The molecule has 33 heavy (non-hydrogen) atoms. The summed E-state index contributed by atoms with van der Waals surface area (Å²) in [7, 11) is 0. The van der Waals surface area contributed by atoms with Crippen LogP contribution in [0.3, 0.4) is 0 Å². The quantitative estimate of drug-likeness (QED) is 0.421. The number of amides is 3. The van der Waals surface area contributed by atoms with Crippen molar-refractivity contribution in [2.45, 2.75) is 26.8 Å². The van der Waals surface area contributed by atoms with Gasteiger partial charge in [-0.05, 0) is 48.7 Å². The van der Waals surface area contributed by atoms with Crippen LogP contribution in [-0.4, -0.2) is 34.2 Å². The molecule has 1 atom stereocenters. The molecular formula is C23H23FN4O5. The van der Waals surface area contributed by atoms with Gasteiger partial charge in [-0.1, -0.05) is 31.1 Å². The van der Waals surface area contributed by atoms with E-state index in [4.69, 9.17) is 4.52 Å². The number of hydrogen-bond donors (Lipinski definition) is 4. The van der Waals surface area contributed by atoms with Crippen LogP contribution in [0.4, 0.5) is 20.6 Å². The molecule has 0 aliphatic rings. The highest BCUT2D eigenvalue weighted by Crippen LogP contribution is 2.22. The topological polar surface area (TPSA) is 134 Å². The second kappa shape index (κ2) is 9.94. The van der Waals surface area contributed by atoms with Gasteiger partial charge in [0.25, 0.3) is 5.91 Å². The molecule has 10 heteroatoms. The van der Waals surface area contributed by atoms with Gasteiger partial charge in [0.1, 0.15) is 17.6 Å². The van der Waals surface area contributed by atoms with E-state index in [2.05, 4.69) is 21.1 Å². The summed E-state index contributed by atoms with van der Waals surface area (Å²) < 4.78 is 18.2. The van der Waals surface area contributed by atoms with Gasteiger partial charge < -0.3 is 25.6 Å². The second-order valence-corrected chi connectivity index (χ2v) is 7.73. The molecule has 1 aromatic heterocycles. The first kappa shape index (κ1) is 23.5. The molecule has 172 valence electrons. The Balaban J connectivity index is 1.63. The molecule has 2 aromatic carbocycles. The van der Waals surface area contributed by atoms with E-state index in [1.54, 1.807) is 45.0 Å². The Hall–Kier alpha value is -4.21. The Morgan fingerprint density at radius 3 is 2.33 bits per heavy atom. The first-order valence-electron chi connectivity index (χ1n) is 10.1. The lowest BCUT2D eigenvalue weighted by atomic mass is 10.0. The van der Waals surface area contributed by atoms with Crippen LogP contribution in [0.15, 0.2) is 53.1 Å². The molecule has 0 spiro atoms. The van der Waals surface area contributed by atoms with E-state index in [0.717, 1.165) is 0 Å². The average molecular weight is 454 g/mol. The van der Waals surface area contributed by atoms with E-state index in [0.29, 0.717) is 28.2 Å². The van der Waals surface area contributed by atoms with Crippen LogP contribution in [0.25, 0.3) is 11.3 Å². The van der Waals surface area contributed by atoms with Gasteiger partial charge in [-0.25, -0.2) is 14.0 Å². The zero-order chi connectivity index (χ0) is 24.1. The third-order valence-corrected chi connectivity index (χ3v) is 4.83. The maximum Gasteiger partial charge on any atom is 0.326 e. The fraction of sp³-hybridized carbons (Fsp3) is 0.217. The maximum absolute atomic E-state index is 13.2. The maximum atomic E-state index is 13.2. The molecule has 0 unspecified atom stereocenters. The number of urea groups is 1. The van der Waals surface area contributed by atoms with Crippen LogP contribution in [0.2, 0.25) is 0 Å². The van der Waals surface area contributed by atoms with Crippen molar-refractivity contribution >= 4 is 29.3 Å². The minimum Gasteiger partial charge on any atom is -0.480 e. The lowest BCUT2D eigenvalue weighted by Gasteiger charge is -2.16. The van der Waals surface area contributed by atoms with Gasteiger partial charge in [0, 0.05) is 23.0 Å². The van der Waals surface area contributed by atoms with Gasteiger partial charge in [0.15, 0.2) is 0 Å². The van der Waals surface area contributed by atoms with Crippen molar-refractivity contribution < 1.29 is 28.4 Å². The SMILES string of the molecule is Cc1cc(F)ccc1NC(=O)Nc1ccc(-c2cc(C(=O)N[C@H](C(=O)O)C(C)C)on2)cc1. The number of carbonyl (C=O) groups excluding carboxylic acids is 2. The Labute approximate surface area is 189 Å². The van der Waals surface area contributed by atoms with E-state index >= 15 is 0 Å². The van der Waals surface area contributed by atoms with Gasteiger partial charge in [-0.15, -0.1) is 0 Å². The molecule has 0 radical (unpaired) electrons. The molecular weight excluding hydrogens is 431 g/mol. The molecule has 0 aliphatic heterocycles. The highest BCUT2D eigenvalue weighted by atomic mass is 19.1. The molecule has 9 nitrogen and oxygen atoms in total. The van der Waals surface area contributed by atoms with Crippen molar-refractivity contribution in [3.63, 3.8) is 0 Å². The molecule has 0 aliphatic carbocycles. The van der Waals surface area contributed by atoms with E-state index in [-0.39, 0.29) is 17.5 Å². The number of carboxylic acids is 1. The number of rotatable bonds is 7. The molecule has 0 bridgehead atoms. The van der Waals surface area contributed by atoms with Crippen LogP contribution >= 0.6 is 0 Å². The number of aryl methyl sites for hydroxylation is 1. The average Bonchev–Trinajstić information content (AvgIpc) is 3.24. The van der Waals surface area contributed by atoms with Crippen molar-refractivity contribution in [2.24, 2.45) is 5.92 Å². The largest absolute Gasteiger partial charge is 0.480 e. The zero-order valence-electron chi connectivity index (χ0n) is 18.2.